The van der Waals surface area contributed by atoms with Gasteiger partial charge in [-0.05, 0) is 78.4 Å². The average molecular weight is 383 g/mol. The number of halogens is 1. The first-order chi connectivity index (χ1) is 9.51. The van der Waals surface area contributed by atoms with E-state index in [-0.39, 0.29) is 11.8 Å². The number of aryl methyl sites for hydroxylation is 1. The average Bonchev–Trinajstić information content (AvgIpc) is 2.42. The van der Waals surface area contributed by atoms with E-state index in [1.807, 2.05) is 13.0 Å². The molecule has 0 aliphatic carbocycles. The third-order valence-electron chi connectivity index (χ3n) is 3.26. The molecule has 1 atom stereocenters. The van der Waals surface area contributed by atoms with Crippen LogP contribution in [0.15, 0.2) is 36.4 Å². The number of anilines is 1. The minimum atomic E-state index is -0.0103. The molecule has 3 nitrogen and oxygen atoms in total. The van der Waals surface area contributed by atoms with Crippen molar-refractivity contribution in [2.75, 3.05) is 12.4 Å². The summed E-state index contributed by atoms with van der Waals surface area (Å²) in [5, 5.41) is 13.4. The van der Waals surface area contributed by atoms with E-state index < -0.39 is 0 Å². The molecule has 0 saturated carbocycles. The molecule has 2 N–H and O–H groups in total. The summed E-state index contributed by atoms with van der Waals surface area (Å²) in [6.07, 6.45) is 0. The standard InChI is InChI=1S/C16H18INO2/c1-10-8-12(17)4-6-15(10)18-11(2)14-9-13(20-3)5-7-16(14)19/h4-9,11,18-19H,1-3H3. The first-order valence-corrected chi connectivity index (χ1v) is 7.48. The number of hydrogen-bond donors (Lipinski definition) is 2. The van der Waals surface area contributed by atoms with Gasteiger partial charge in [0.2, 0.25) is 0 Å². The van der Waals surface area contributed by atoms with Gasteiger partial charge in [-0.1, -0.05) is 0 Å². The maximum atomic E-state index is 10.00. The van der Waals surface area contributed by atoms with Crippen LogP contribution in [0.1, 0.15) is 24.1 Å². The van der Waals surface area contributed by atoms with Crippen LogP contribution in [0.4, 0.5) is 5.69 Å². The summed E-state index contributed by atoms with van der Waals surface area (Å²) in [5.74, 6) is 1.01. The van der Waals surface area contributed by atoms with E-state index in [0.717, 1.165) is 17.0 Å². The summed E-state index contributed by atoms with van der Waals surface area (Å²) in [4.78, 5) is 0. The van der Waals surface area contributed by atoms with Crippen LogP contribution < -0.4 is 10.1 Å². The molecule has 4 heteroatoms. The Morgan fingerprint density at radius 3 is 2.60 bits per heavy atom. The lowest BCUT2D eigenvalue weighted by Gasteiger charge is -2.19. The van der Waals surface area contributed by atoms with Gasteiger partial charge < -0.3 is 15.2 Å². The summed E-state index contributed by atoms with van der Waals surface area (Å²) < 4.78 is 6.42. The molecule has 0 fully saturated rings. The molecule has 2 rings (SSSR count). The van der Waals surface area contributed by atoms with Gasteiger partial charge in [0.1, 0.15) is 11.5 Å². The van der Waals surface area contributed by atoms with E-state index in [0.29, 0.717) is 0 Å². The minimum Gasteiger partial charge on any atom is -0.508 e. The van der Waals surface area contributed by atoms with Gasteiger partial charge in [0, 0.05) is 14.8 Å². The lowest BCUT2D eigenvalue weighted by atomic mass is 10.1. The number of rotatable bonds is 4. The van der Waals surface area contributed by atoms with Crippen molar-refractivity contribution in [3.8, 4) is 11.5 Å². The topological polar surface area (TPSA) is 41.5 Å². The van der Waals surface area contributed by atoms with Gasteiger partial charge in [0.05, 0.1) is 13.2 Å². The molecule has 2 aromatic carbocycles. The fourth-order valence-electron chi connectivity index (χ4n) is 2.11. The number of nitrogens with one attached hydrogen (secondary N) is 1. The maximum absolute atomic E-state index is 10.00. The van der Waals surface area contributed by atoms with Crippen molar-refractivity contribution >= 4 is 28.3 Å². The first kappa shape index (κ1) is 15.0. The van der Waals surface area contributed by atoms with Crippen molar-refractivity contribution in [3.05, 3.63) is 51.1 Å². The van der Waals surface area contributed by atoms with Crippen LogP contribution in [0.25, 0.3) is 0 Å². The number of benzene rings is 2. The molecule has 1 unspecified atom stereocenters. The van der Waals surface area contributed by atoms with E-state index in [1.165, 1.54) is 9.13 Å². The Kier molecular flexibility index (Phi) is 4.75. The molecule has 0 aliphatic rings. The largest absolute Gasteiger partial charge is 0.508 e. The molecule has 0 aromatic heterocycles. The van der Waals surface area contributed by atoms with Crippen LogP contribution in [-0.4, -0.2) is 12.2 Å². The Bertz CT molecular complexity index is 613. The number of aromatic hydroxyl groups is 1. The Labute approximate surface area is 133 Å². The third-order valence-corrected chi connectivity index (χ3v) is 3.93. The van der Waals surface area contributed by atoms with Gasteiger partial charge in [0.25, 0.3) is 0 Å². The predicted molar refractivity (Wildman–Crippen MR) is 90.6 cm³/mol. The first-order valence-electron chi connectivity index (χ1n) is 6.41. The van der Waals surface area contributed by atoms with Crippen molar-refractivity contribution in [3.63, 3.8) is 0 Å². The summed E-state index contributed by atoms with van der Waals surface area (Å²) in [6.45, 7) is 4.09. The van der Waals surface area contributed by atoms with Gasteiger partial charge in [-0.3, -0.25) is 0 Å². The van der Waals surface area contributed by atoms with Crippen molar-refractivity contribution in [1.29, 1.82) is 0 Å². The van der Waals surface area contributed by atoms with Crippen molar-refractivity contribution in [2.45, 2.75) is 19.9 Å². The molecule has 0 amide bonds. The SMILES string of the molecule is COc1ccc(O)c(C(C)Nc2ccc(I)cc2C)c1. The molecule has 0 aliphatic heterocycles. The smallest absolute Gasteiger partial charge is 0.121 e. The summed E-state index contributed by atoms with van der Waals surface area (Å²) >= 11 is 2.30. The Morgan fingerprint density at radius 2 is 1.95 bits per heavy atom. The number of hydrogen-bond acceptors (Lipinski definition) is 3. The molecule has 20 heavy (non-hydrogen) atoms. The van der Waals surface area contributed by atoms with Gasteiger partial charge in [0.15, 0.2) is 0 Å². The summed E-state index contributed by atoms with van der Waals surface area (Å²) in [6, 6.07) is 11.5. The van der Waals surface area contributed by atoms with Crippen LogP contribution in [0, 0.1) is 10.5 Å². The highest BCUT2D eigenvalue weighted by Gasteiger charge is 2.12. The number of ether oxygens (including phenoxy) is 1. The molecule has 0 saturated heterocycles. The van der Waals surface area contributed by atoms with Crippen LogP contribution in [0.2, 0.25) is 0 Å². The number of methoxy groups -OCH3 is 1. The van der Waals surface area contributed by atoms with E-state index in [1.54, 1.807) is 19.2 Å². The second kappa shape index (κ2) is 6.35. The summed E-state index contributed by atoms with van der Waals surface area (Å²) in [5.41, 5.74) is 3.08. The molecular weight excluding hydrogens is 365 g/mol. The van der Waals surface area contributed by atoms with E-state index in [9.17, 15) is 5.11 Å². The van der Waals surface area contributed by atoms with Crippen LogP contribution in [0.3, 0.4) is 0 Å². The second-order valence-corrected chi connectivity index (χ2v) is 6.00. The molecular formula is C16H18INO2. The zero-order chi connectivity index (χ0) is 14.7. The monoisotopic (exact) mass is 383 g/mol. The second-order valence-electron chi connectivity index (χ2n) is 4.75. The Balaban J connectivity index is 2.25. The molecule has 0 spiro atoms. The van der Waals surface area contributed by atoms with Crippen LogP contribution >= 0.6 is 22.6 Å². The van der Waals surface area contributed by atoms with Crippen molar-refractivity contribution in [2.24, 2.45) is 0 Å². The van der Waals surface area contributed by atoms with Crippen molar-refractivity contribution in [1.82, 2.24) is 0 Å². The third kappa shape index (κ3) is 3.36. The van der Waals surface area contributed by atoms with E-state index in [2.05, 4.69) is 53.0 Å². The maximum Gasteiger partial charge on any atom is 0.121 e. The van der Waals surface area contributed by atoms with Crippen LogP contribution in [0.5, 0.6) is 11.5 Å². The zero-order valence-electron chi connectivity index (χ0n) is 11.8. The van der Waals surface area contributed by atoms with Gasteiger partial charge in [-0.15, -0.1) is 0 Å². The normalized spacial score (nSPS) is 12.0. The molecule has 0 heterocycles. The molecule has 2 aromatic rings. The minimum absolute atomic E-state index is 0.0103. The summed E-state index contributed by atoms with van der Waals surface area (Å²) in [7, 11) is 1.62. The highest BCUT2D eigenvalue weighted by atomic mass is 127. The van der Waals surface area contributed by atoms with Crippen molar-refractivity contribution < 1.29 is 9.84 Å². The highest BCUT2D eigenvalue weighted by Crippen LogP contribution is 2.31. The van der Waals surface area contributed by atoms with Gasteiger partial charge in [-0.2, -0.15) is 0 Å². The molecule has 0 bridgehead atoms. The van der Waals surface area contributed by atoms with E-state index >= 15 is 0 Å². The lowest BCUT2D eigenvalue weighted by molar-refractivity contribution is 0.410. The lowest BCUT2D eigenvalue weighted by Crippen LogP contribution is -2.08. The fraction of sp³-hybridized carbons (Fsp3) is 0.250. The van der Waals surface area contributed by atoms with Gasteiger partial charge in [-0.25, -0.2) is 0 Å². The predicted octanol–water partition coefficient (Wildman–Crippen LogP) is 4.49. The zero-order valence-corrected chi connectivity index (χ0v) is 13.9. The van der Waals surface area contributed by atoms with Crippen LogP contribution in [-0.2, 0) is 0 Å². The molecule has 0 radical (unpaired) electrons. The quantitative estimate of drug-likeness (QED) is 0.765. The number of phenolic OH excluding ortho intramolecular Hbond substituents is 1. The molecule has 106 valence electrons. The number of phenols is 1. The fourth-order valence-corrected chi connectivity index (χ4v) is 2.75. The highest BCUT2D eigenvalue weighted by molar-refractivity contribution is 14.1. The Morgan fingerprint density at radius 1 is 1.20 bits per heavy atom. The van der Waals surface area contributed by atoms with E-state index in [4.69, 9.17) is 4.74 Å². The van der Waals surface area contributed by atoms with Gasteiger partial charge >= 0.3 is 0 Å². The Hall–Kier alpha value is -1.43.